The molecule has 2 aromatic rings. The molecule has 148 valence electrons. The summed E-state index contributed by atoms with van der Waals surface area (Å²) in [5.41, 5.74) is 1.98. The van der Waals surface area contributed by atoms with Crippen LogP contribution in [0.2, 0.25) is 0 Å². The maximum absolute atomic E-state index is 12.3. The average molecular weight is 381 g/mol. The molecule has 2 rings (SSSR count). The molecular weight excluding hydrogens is 354 g/mol. The lowest BCUT2D eigenvalue weighted by atomic mass is 10.1. The fourth-order valence-electron chi connectivity index (χ4n) is 2.66. The monoisotopic (exact) mass is 381 g/mol. The zero-order valence-electron chi connectivity index (χ0n) is 16.4. The van der Waals surface area contributed by atoms with Crippen molar-refractivity contribution in [1.29, 1.82) is 0 Å². The Labute approximate surface area is 166 Å². The molecular formula is C22H27N3O3. The van der Waals surface area contributed by atoms with Crippen molar-refractivity contribution in [3.63, 3.8) is 0 Å². The summed E-state index contributed by atoms with van der Waals surface area (Å²) in [5.74, 6) is 0.455. The third-order valence-corrected chi connectivity index (χ3v) is 4.15. The summed E-state index contributed by atoms with van der Waals surface area (Å²) in [5, 5.41) is 5.88. The average Bonchev–Trinajstić information content (AvgIpc) is 2.72. The van der Waals surface area contributed by atoms with Gasteiger partial charge in [0.25, 0.3) is 5.91 Å². The van der Waals surface area contributed by atoms with Gasteiger partial charge in [0, 0.05) is 24.3 Å². The van der Waals surface area contributed by atoms with Crippen molar-refractivity contribution in [1.82, 2.24) is 4.90 Å². The van der Waals surface area contributed by atoms with E-state index in [1.165, 1.54) is 0 Å². The number of anilines is 2. The van der Waals surface area contributed by atoms with Crippen LogP contribution in [0.15, 0.2) is 61.2 Å². The maximum atomic E-state index is 12.3. The Morgan fingerprint density at radius 1 is 1.07 bits per heavy atom. The minimum atomic E-state index is -0.193. The first kappa shape index (κ1) is 21.0. The number of rotatable bonds is 10. The van der Waals surface area contributed by atoms with Gasteiger partial charge in [0.15, 0.2) is 0 Å². The lowest BCUT2D eigenvalue weighted by molar-refractivity contribution is -0.114. The van der Waals surface area contributed by atoms with Crippen LogP contribution in [0.25, 0.3) is 0 Å². The molecule has 0 aliphatic carbocycles. The van der Waals surface area contributed by atoms with Crippen molar-refractivity contribution in [2.24, 2.45) is 0 Å². The molecule has 6 nitrogen and oxygen atoms in total. The Hall–Kier alpha value is -3.28. The molecule has 0 saturated heterocycles. The Morgan fingerprint density at radius 2 is 1.75 bits per heavy atom. The zero-order chi connectivity index (χ0) is 20.4. The van der Waals surface area contributed by atoms with Gasteiger partial charge in [-0.3, -0.25) is 9.59 Å². The van der Waals surface area contributed by atoms with Crippen LogP contribution in [-0.2, 0) is 4.79 Å². The molecule has 6 heteroatoms. The molecule has 2 aromatic carbocycles. The minimum Gasteiger partial charge on any atom is -0.487 e. The largest absolute Gasteiger partial charge is 0.487 e. The zero-order valence-corrected chi connectivity index (χ0v) is 16.4. The number of amides is 2. The third kappa shape index (κ3) is 5.87. The summed E-state index contributed by atoms with van der Waals surface area (Å²) in [7, 11) is 0. The van der Waals surface area contributed by atoms with Crippen molar-refractivity contribution < 1.29 is 14.3 Å². The highest BCUT2D eigenvalue weighted by molar-refractivity contribution is 5.96. The molecule has 2 N–H and O–H groups in total. The molecule has 0 aromatic heterocycles. The molecule has 0 bridgehead atoms. The van der Waals surface area contributed by atoms with Gasteiger partial charge >= 0.3 is 0 Å². The van der Waals surface area contributed by atoms with E-state index in [4.69, 9.17) is 4.74 Å². The van der Waals surface area contributed by atoms with E-state index in [2.05, 4.69) is 17.2 Å². The lowest BCUT2D eigenvalue weighted by Gasteiger charge is -2.18. The number of nitrogens with zero attached hydrogens (tertiary/aromatic N) is 1. The normalized spacial score (nSPS) is 10.1. The van der Waals surface area contributed by atoms with E-state index in [0.29, 0.717) is 36.7 Å². The van der Waals surface area contributed by atoms with E-state index in [0.717, 1.165) is 5.69 Å². The van der Waals surface area contributed by atoms with Crippen LogP contribution < -0.4 is 15.4 Å². The number of carbonyl (C=O) groups is 2. The fourth-order valence-corrected chi connectivity index (χ4v) is 2.66. The van der Waals surface area contributed by atoms with Gasteiger partial charge in [-0.25, -0.2) is 0 Å². The van der Waals surface area contributed by atoms with Gasteiger partial charge in [0.2, 0.25) is 5.91 Å². The molecule has 0 radical (unpaired) electrons. The van der Waals surface area contributed by atoms with E-state index in [1.54, 1.807) is 35.2 Å². The molecule has 0 saturated carbocycles. The molecule has 2 amide bonds. The number of hydrogen-bond donors (Lipinski definition) is 2. The molecule has 0 aliphatic heterocycles. The first-order valence-electron chi connectivity index (χ1n) is 9.34. The fraction of sp³-hybridized carbons (Fsp3) is 0.273. The molecule has 0 aliphatic rings. The molecule has 0 heterocycles. The Bertz CT molecular complexity index is 799. The maximum Gasteiger partial charge on any atom is 0.253 e. The Kier molecular flexibility index (Phi) is 8.09. The molecule has 0 fully saturated rings. The first-order chi connectivity index (χ1) is 13.6. The van der Waals surface area contributed by atoms with Gasteiger partial charge < -0.3 is 20.3 Å². The highest BCUT2D eigenvalue weighted by atomic mass is 16.5. The van der Waals surface area contributed by atoms with E-state index in [-0.39, 0.29) is 18.4 Å². The SMILES string of the molecule is C=CCOc1ccccc1NCC(=O)Nc1ccc(C(=O)N(CC)CC)cc1. The van der Waals surface area contributed by atoms with Crippen LogP contribution in [-0.4, -0.2) is 43.0 Å². The Morgan fingerprint density at radius 3 is 2.39 bits per heavy atom. The van der Waals surface area contributed by atoms with E-state index in [1.807, 2.05) is 38.1 Å². The van der Waals surface area contributed by atoms with E-state index in [9.17, 15) is 9.59 Å². The van der Waals surface area contributed by atoms with Crippen LogP contribution in [0.4, 0.5) is 11.4 Å². The number of hydrogen-bond acceptors (Lipinski definition) is 4. The van der Waals surface area contributed by atoms with Crippen LogP contribution in [0, 0.1) is 0 Å². The van der Waals surface area contributed by atoms with Crippen molar-refractivity contribution in [3.8, 4) is 5.75 Å². The second-order valence-corrected chi connectivity index (χ2v) is 6.05. The van der Waals surface area contributed by atoms with Gasteiger partial charge in [-0.05, 0) is 50.2 Å². The summed E-state index contributed by atoms with van der Waals surface area (Å²) in [4.78, 5) is 26.3. The number of para-hydroxylation sites is 2. The third-order valence-electron chi connectivity index (χ3n) is 4.15. The summed E-state index contributed by atoms with van der Waals surface area (Å²) in [6.07, 6.45) is 1.66. The standard InChI is InChI=1S/C22H27N3O3/c1-4-15-28-20-10-8-7-9-19(20)23-16-21(26)24-18-13-11-17(12-14-18)22(27)25(5-2)6-3/h4,7-14,23H,1,5-6,15-16H2,2-3H3,(H,24,26). The van der Waals surface area contributed by atoms with Gasteiger partial charge in [-0.1, -0.05) is 24.8 Å². The number of ether oxygens (including phenoxy) is 1. The van der Waals surface area contributed by atoms with Crippen molar-refractivity contribution >= 4 is 23.2 Å². The second-order valence-electron chi connectivity index (χ2n) is 6.05. The van der Waals surface area contributed by atoms with Crippen molar-refractivity contribution in [2.75, 3.05) is 36.9 Å². The van der Waals surface area contributed by atoms with Crippen LogP contribution in [0.3, 0.4) is 0 Å². The summed E-state index contributed by atoms with van der Waals surface area (Å²) < 4.78 is 5.56. The first-order valence-corrected chi connectivity index (χ1v) is 9.34. The van der Waals surface area contributed by atoms with Gasteiger partial charge in [0.05, 0.1) is 12.2 Å². The smallest absolute Gasteiger partial charge is 0.253 e. The van der Waals surface area contributed by atoms with Crippen molar-refractivity contribution in [3.05, 3.63) is 66.7 Å². The predicted octanol–water partition coefficient (Wildman–Crippen LogP) is 3.78. The predicted molar refractivity (Wildman–Crippen MR) is 113 cm³/mol. The molecule has 0 unspecified atom stereocenters. The van der Waals surface area contributed by atoms with Crippen molar-refractivity contribution in [2.45, 2.75) is 13.8 Å². The van der Waals surface area contributed by atoms with Crippen LogP contribution >= 0.6 is 0 Å². The van der Waals surface area contributed by atoms with Gasteiger partial charge in [-0.15, -0.1) is 0 Å². The van der Waals surface area contributed by atoms with Gasteiger partial charge in [-0.2, -0.15) is 0 Å². The highest BCUT2D eigenvalue weighted by Gasteiger charge is 2.12. The van der Waals surface area contributed by atoms with Crippen LogP contribution in [0.1, 0.15) is 24.2 Å². The number of nitrogens with one attached hydrogen (secondary N) is 2. The summed E-state index contributed by atoms with van der Waals surface area (Å²) >= 11 is 0. The molecule has 0 spiro atoms. The summed E-state index contributed by atoms with van der Waals surface area (Å²) in [6.45, 7) is 9.34. The van der Waals surface area contributed by atoms with E-state index >= 15 is 0 Å². The number of benzene rings is 2. The van der Waals surface area contributed by atoms with Gasteiger partial charge in [0.1, 0.15) is 12.4 Å². The number of carbonyl (C=O) groups excluding carboxylic acids is 2. The van der Waals surface area contributed by atoms with E-state index < -0.39 is 0 Å². The summed E-state index contributed by atoms with van der Waals surface area (Å²) in [6, 6.07) is 14.3. The molecule has 0 atom stereocenters. The quantitative estimate of drug-likeness (QED) is 0.615. The lowest BCUT2D eigenvalue weighted by Crippen LogP contribution is -2.30. The topological polar surface area (TPSA) is 70.7 Å². The Balaban J connectivity index is 1.92. The molecule has 28 heavy (non-hydrogen) atoms. The minimum absolute atomic E-state index is 0.0133. The highest BCUT2D eigenvalue weighted by Crippen LogP contribution is 2.23. The van der Waals surface area contributed by atoms with Crippen LogP contribution in [0.5, 0.6) is 5.75 Å². The second kappa shape index (κ2) is 10.8.